The highest BCUT2D eigenvalue weighted by Gasteiger charge is 2.67. The van der Waals surface area contributed by atoms with Crippen LogP contribution in [0, 0.1) is 29.6 Å². The van der Waals surface area contributed by atoms with Crippen LogP contribution in [0.3, 0.4) is 0 Å². The highest BCUT2D eigenvalue weighted by molar-refractivity contribution is 5.95. The van der Waals surface area contributed by atoms with Crippen molar-refractivity contribution in [3.05, 3.63) is 23.8 Å². The Kier molecular flexibility index (Phi) is 2.97. The van der Waals surface area contributed by atoms with Gasteiger partial charge in [-0.15, -0.1) is 12.4 Å². The molecule has 1 aromatic rings. The molecule has 2 N–H and O–H groups in total. The van der Waals surface area contributed by atoms with Crippen LogP contribution in [-0.2, 0) is 11.2 Å². The van der Waals surface area contributed by atoms with Crippen LogP contribution < -0.4 is 10.6 Å². The van der Waals surface area contributed by atoms with Crippen molar-refractivity contribution in [2.45, 2.75) is 25.7 Å². The molecule has 2 bridgehead atoms. The minimum Gasteiger partial charge on any atom is -0.384 e. The summed E-state index contributed by atoms with van der Waals surface area (Å²) in [7, 11) is 0. The second-order valence-electron chi connectivity index (χ2n) is 7.05. The van der Waals surface area contributed by atoms with Crippen molar-refractivity contribution < 1.29 is 4.79 Å². The van der Waals surface area contributed by atoms with Crippen LogP contribution in [0.5, 0.6) is 0 Å². The van der Waals surface area contributed by atoms with Crippen LogP contribution in [0.1, 0.15) is 24.8 Å². The first-order valence-electron chi connectivity index (χ1n) is 7.99. The van der Waals surface area contributed by atoms with Gasteiger partial charge in [-0.25, -0.2) is 0 Å². The van der Waals surface area contributed by atoms with Gasteiger partial charge in [-0.3, -0.25) is 4.79 Å². The molecule has 0 spiro atoms. The minimum atomic E-state index is 0. The molecular formula is C17H21ClN2O. The zero-order chi connectivity index (χ0) is 13.3. The Morgan fingerprint density at radius 1 is 1.19 bits per heavy atom. The Labute approximate surface area is 131 Å². The Bertz CT molecular complexity index is 586. The van der Waals surface area contributed by atoms with E-state index in [9.17, 15) is 4.79 Å². The number of amides is 1. The average Bonchev–Trinajstić information content (AvgIpc) is 2.83. The summed E-state index contributed by atoms with van der Waals surface area (Å²) in [6.07, 6.45) is 5.22. The first-order chi connectivity index (χ1) is 9.81. The van der Waals surface area contributed by atoms with Gasteiger partial charge >= 0.3 is 0 Å². The fraction of sp³-hybridized carbons (Fsp3) is 0.588. The second kappa shape index (κ2) is 4.64. The lowest BCUT2D eigenvalue weighted by Crippen LogP contribution is -2.18. The maximum absolute atomic E-state index is 12.5. The summed E-state index contributed by atoms with van der Waals surface area (Å²) >= 11 is 0. The van der Waals surface area contributed by atoms with Crippen LogP contribution in [0.15, 0.2) is 18.2 Å². The number of benzene rings is 1. The normalized spacial score (nSPS) is 37.2. The Morgan fingerprint density at radius 2 is 1.95 bits per heavy atom. The van der Waals surface area contributed by atoms with E-state index < -0.39 is 0 Å². The van der Waals surface area contributed by atoms with Gasteiger partial charge in [0.1, 0.15) is 0 Å². The first kappa shape index (κ1) is 13.4. The summed E-state index contributed by atoms with van der Waals surface area (Å²) < 4.78 is 0. The lowest BCUT2D eigenvalue weighted by atomic mass is 10.0. The number of hydrogen-bond acceptors (Lipinski definition) is 2. The lowest BCUT2D eigenvalue weighted by Gasteiger charge is -2.10. The molecule has 3 saturated carbocycles. The van der Waals surface area contributed by atoms with E-state index in [-0.39, 0.29) is 18.3 Å². The number of anilines is 2. The van der Waals surface area contributed by atoms with Gasteiger partial charge in [0, 0.05) is 23.8 Å². The zero-order valence-corrected chi connectivity index (χ0v) is 12.8. The number of hydrogen-bond donors (Lipinski definition) is 2. The van der Waals surface area contributed by atoms with Crippen molar-refractivity contribution in [2.24, 2.45) is 29.6 Å². The van der Waals surface area contributed by atoms with Crippen LogP contribution in [-0.4, -0.2) is 12.5 Å². The van der Waals surface area contributed by atoms with Crippen molar-refractivity contribution in [2.75, 3.05) is 17.2 Å². The van der Waals surface area contributed by atoms with Crippen LogP contribution >= 0.6 is 12.4 Å². The Hall–Kier alpha value is -1.22. The third-order valence-corrected chi connectivity index (χ3v) is 6.12. The van der Waals surface area contributed by atoms with E-state index in [0.29, 0.717) is 5.92 Å². The Balaban J connectivity index is 0.00000115. The molecule has 3 nitrogen and oxygen atoms in total. The fourth-order valence-electron chi connectivity index (χ4n) is 5.28. The predicted octanol–water partition coefficient (Wildman–Crippen LogP) is 3.31. The number of carbonyl (C=O) groups is 1. The number of carbonyl (C=O) groups excluding carboxylic acids is 1. The molecule has 1 amide bonds. The molecule has 3 fully saturated rings. The minimum absolute atomic E-state index is 0. The smallest absolute Gasteiger partial charge is 0.228 e. The predicted molar refractivity (Wildman–Crippen MR) is 85.8 cm³/mol. The van der Waals surface area contributed by atoms with Gasteiger partial charge in [0.05, 0.1) is 0 Å². The zero-order valence-electron chi connectivity index (χ0n) is 12.0. The van der Waals surface area contributed by atoms with Crippen LogP contribution in [0.4, 0.5) is 11.4 Å². The highest BCUT2D eigenvalue weighted by atomic mass is 35.5. The summed E-state index contributed by atoms with van der Waals surface area (Å²) in [4.78, 5) is 12.5. The van der Waals surface area contributed by atoms with Gasteiger partial charge in [-0.2, -0.15) is 0 Å². The van der Waals surface area contributed by atoms with E-state index in [2.05, 4.69) is 22.8 Å². The maximum Gasteiger partial charge on any atom is 0.228 e. The van der Waals surface area contributed by atoms with Crippen molar-refractivity contribution in [3.63, 3.8) is 0 Å². The average molecular weight is 305 g/mol. The van der Waals surface area contributed by atoms with Crippen molar-refractivity contribution in [3.8, 4) is 0 Å². The van der Waals surface area contributed by atoms with Gasteiger partial charge in [-0.1, -0.05) is 0 Å². The highest BCUT2D eigenvalue weighted by Crippen LogP contribution is 2.69. The molecule has 3 aliphatic carbocycles. The van der Waals surface area contributed by atoms with E-state index in [4.69, 9.17) is 0 Å². The molecule has 0 saturated heterocycles. The number of halogens is 1. The molecule has 112 valence electrons. The summed E-state index contributed by atoms with van der Waals surface area (Å²) in [5, 5.41) is 6.52. The molecule has 21 heavy (non-hydrogen) atoms. The molecule has 1 heterocycles. The van der Waals surface area contributed by atoms with Crippen LogP contribution in [0.2, 0.25) is 0 Å². The topological polar surface area (TPSA) is 41.1 Å². The van der Waals surface area contributed by atoms with E-state index in [1.165, 1.54) is 30.5 Å². The van der Waals surface area contributed by atoms with E-state index in [1.807, 2.05) is 6.07 Å². The summed E-state index contributed by atoms with van der Waals surface area (Å²) in [6, 6.07) is 6.26. The van der Waals surface area contributed by atoms with Gasteiger partial charge in [0.15, 0.2) is 0 Å². The molecule has 0 aromatic heterocycles. The van der Waals surface area contributed by atoms with Crippen LogP contribution in [0.25, 0.3) is 0 Å². The molecule has 1 aliphatic heterocycles. The monoisotopic (exact) mass is 304 g/mol. The largest absolute Gasteiger partial charge is 0.384 e. The van der Waals surface area contributed by atoms with Gasteiger partial charge < -0.3 is 10.6 Å². The fourth-order valence-corrected chi connectivity index (χ4v) is 5.28. The molecule has 4 aliphatic rings. The maximum atomic E-state index is 12.5. The standard InChI is InChI=1S/C17H20N2O.ClH/c20-17(16-14-10-1-2-11(7-10)15(14)16)19-12-3-4-13-9(8-12)5-6-18-13;/h3-4,8,10-11,14-16,18H,1-2,5-7H2,(H,19,20);1H. The summed E-state index contributed by atoms with van der Waals surface area (Å²) in [6.45, 7) is 1.02. The molecule has 4 heteroatoms. The number of rotatable bonds is 2. The molecule has 0 radical (unpaired) electrons. The molecule has 4 atom stereocenters. The number of fused-ring (bicyclic) bond motifs is 6. The van der Waals surface area contributed by atoms with Gasteiger partial charge in [0.25, 0.3) is 0 Å². The molecule has 4 unspecified atom stereocenters. The van der Waals surface area contributed by atoms with Gasteiger partial charge in [0.2, 0.25) is 5.91 Å². The first-order valence-corrected chi connectivity index (χ1v) is 7.99. The quantitative estimate of drug-likeness (QED) is 0.880. The molecule has 1 aromatic carbocycles. The van der Waals surface area contributed by atoms with Crippen molar-refractivity contribution in [1.82, 2.24) is 0 Å². The third kappa shape index (κ3) is 1.90. The molecular weight excluding hydrogens is 284 g/mol. The summed E-state index contributed by atoms with van der Waals surface area (Å²) in [5.74, 6) is 3.79. The second-order valence-corrected chi connectivity index (χ2v) is 7.05. The van der Waals surface area contributed by atoms with E-state index in [1.54, 1.807) is 0 Å². The van der Waals surface area contributed by atoms with Crippen molar-refractivity contribution >= 4 is 29.7 Å². The lowest BCUT2D eigenvalue weighted by molar-refractivity contribution is -0.118. The van der Waals surface area contributed by atoms with E-state index in [0.717, 1.165) is 42.3 Å². The van der Waals surface area contributed by atoms with Crippen molar-refractivity contribution in [1.29, 1.82) is 0 Å². The number of nitrogens with one attached hydrogen (secondary N) is 2. The van der Waals surface area contributed by atoms with Gasteiger partial charge in [-0.05, 0) is 73.1 Å². The third-order valence-electron chi connectivity index (χ3n) is 6.12. The molecule has 5 rings (SSSR count). The summed E-state index contributed by atoms with van der Waals surface area (Å²) in [5.41, 5.74) is 3.54. The SMILES string of the molecule is Cl.O=C(Nc1ccc2c(c1)CCN2)C1C2C3CCC(C3)C12. The van der Waals surface area contributed by atoms with E-state index >= 15 is 0 Å². The Morgan fingerprint density at radius 3 is 2.71 bits per heavy atom.